The van der Waals surface area contributed by atoms with Crippen molar-refractivity contribution in [3.63, 3.8) is 0 Å². The highest BCUT2D eigenvalue weighted by molar-refractivity contribution is 5.28. The number of nitrogens with zero attached hydrogens (tertiary/aromatic N) is 1. The van der Waals surface area contributed by atoms with Crippen molar-refractivity contribution >= 4 is 0 Å². The second kappa shape index (κ2) is 6.32. The van der Waals surface area contributed by atoms with Crippen LogP contribution < -0.4 is 10.5 Å². The van der Waals surface area contributed by atoms with Crippen LogP contribution in [0.2, 0.25) is 0 Å². The summed E-state index contributed by atoms with van der Waals surface area (Å²) in [5.74, 6) is 0.744. The number of ether oxygens (including phenoxy) is 3. The molecule has 0 aliphatic carbocycles. The molecule has 5 nitrogen and oxygen atoms in total. The van der Waals surface area contributed by atoms with E-state index < -0.39 is 0 Å². The molecule has 0 spiro atoms. The fourth-order valence-electron chi connectivity index (χ4n) is 2.51. The topological polar surface area (TPSA) is 66.6 Å². The fraction of sp³-hybridized carbons (Fsp3) is 0.643. The van der Waals surface area contributed by atoms with Crippen molar-refractivity contribution < 1.29 is 14.2 Å². The summed E-state index contributed by atoms with van der Waals surface area (Å²) in [6.45, 7) is 3.92. The van der Waals surface area contributed by atoms with E-state index in [-0.39, 0.29) is 11.6 Å². The molecule has 1 saturated heterocycles. The molecule has 1 fully saturated rings. The molecule has 2 heterocycles. The molecule has 1 aromatic rings. The van der Waals surface area contributed by atoms with E-state index in [0.29, 0.717) is 19.8 Å². The van der Waals surface area contributed by atoms with Gasteiger partial charge in [0.25, 0.3) is 0 Å². The smallest absolute Gasteiger partial charge is 0.137 e. The maximum absolute atomic E-state index is 6.40. The van der Waals surface area contributed by atoms with Crippen LogP contribution in [-0.4, -0.2) is 37.5 Å². The molecule has 5 heteroatoms. The van der Waals surface area contributed by atoms with Gasteiger partial charge in [-0.25, -0.2) is 0 Å². The molecule has 106 valence electrons. The maximum Gasteiger partial charge on any atom is 0.137 e. The first kappa shape index (κ1) is 14.2. The lowest BCUT2D eigenvalue weighted by Gasteiger charge is -2.40. The molecule has 1 atom stereocenters. The average Bonchev–Trinajstić information content (AvgIpc) is 2.48. The van der Waals surface area contributed by atoms with Gasteiger partial charge in [0.15, 0.2) is 0 Å². The standard InChI is InChI=1S/C14H22N2O3/c1-3-19-12-8-11(9-16-10-12)13(15)14(17-2)4-6-18-7-5-14/h8-10,13H,3-7,15H2,1-2H3. The van der Waals surface area contributed by atoms with E-state index in [4.69, 9.17) is 19.9 Å². The minimum Gasteiger partial charge on any atom is -0.492 e. The van der Waals surface area contributed by atoms with Crippen LogP contribution in [0.15, 0.2) is 18.5 Å². The van der Waals surface area contributed by atoms with Gasteiger partial charge in [-0.1, -0.05) is 0 Å². The van der Waals surface area contributed by atoms with Crippen LogP contribution in [0.5, 0.6) is 5.75 Å². The number of hydrogen-bond acceptors (Lipinski definition) is 5. The van der Waals surface area contributed by atoms with E-state index >= 15 is 0 Å². The Bertz CT molecular complexity index is 405. The average molecular weight is 266 g/mol. The predicted molar refractivity (Wildman–Crippen MR) is 72.1 cm³/mol. The minimum atomic E-state index is -0.370. The van der Waals surface area contributed by atoms with E-state index in [1.54, 1.807) is 19.5 Å². The highest BCUT2D eigenvalue weighted by Gasteiger charge is 2.39. The van der Waals surface area contributed by atoms with Gasteiger partial charge in [-0.3, -0.25) is 4.98 Å². The first-order valence-corrected chi connectivity index (χ1v) is 6.68. The third kappa shape index (κ3) is 3.05. The van der Waals surface area contributed by atoms with Gasteiger partial charge < -0.3 is 19.9 Å². The highest BCUT2D eigenvalue weighted by Crippen LogP contribution is 2.36. The molecule has 0 amide bonds. The summed E-state index contributed by atoms with van der Waals surface area (Å²) in [7, 11) is 1.71. The van der Waals surface area contributed by atoms with Crippen molar-refractivity contribution in [2.24, 2.45) is 5.73 Å². The van der Waals surface area contributed by atoms with Gasteiger partial charge in [0.1, 0.15) is 5.75 Å². The van der Waals surface area contributed by atoms with Crippen LogP contribution in [0, 0.1) is 0 Å². The second-order valence-electron chi connectivity index (χ2n) is 4.75. The Balaban J connectivity index is 2.21. The number of rotatable bonds is 5. The first-order chi connectivity index (χ1) is 9.22. The number of aromatic nitrogens is 1. The molecule has 19 heavy (non-hydrogen) atoms. The Morgan fingerprint density at radius 1 is 1.42 bits per heavy atom. The summed E-state index contributed by atoms with van der Waals surface area (Å²) in [5, 5.41) is 0. The monoisotopic (exact) mass is 266 g/mol. The van der Waals surface area contributed by atoms with Crippen LogP contribution in [-0.2, 0) is 9.47 Å². The maximum atomic E-state index is 6.40. The van der Waals surface area contributed by atoms with Gasteiger partial charge in [0.05, 0.1) is 24.4 Å². The van der Waals surface area contributed by atoms with Gasteiger partial charge in [0.2, 0.25) is 0 Å². The lowest BCUT2D eigenvalue weighted by atomic mass is 9.83. The first-order valence-electron chi connectivity index (χ1n) is 6.68. The quantitative estimate of drug-likeness (QED) is 0.878. The Morgan fingerprint density at radius 2 is 2.16 bits per heavy atom. The van der Waals surface area contributed by atoms with Crippen LogP contribution in [0.3, 0.4) is 0 Å². The molecule has 1 aliphatic heterocycles. The zero-order chi connectivity index (χ0) is 13.7. The minimum absolute atomic E-state index is 0.227. The lowest BCUT2D eigenvalue weighted by Crippen LogP contribution is -2.47. The molecule has 1 unspecified atom stereocenters. The second-order valence-corrected chi connectivity index (χ2v) is 4.75. The predicted octanol–water partition coefficient (Wildman–Crippen LogP) is 1.68. The highest BCUT2D eigenvalue weighted by atomic mass is 16.5. The van der Waals surface area contributed by atoms with Crippen LogP contribution in [0.1, 0.15) is 31.4 Å². The number of hydrogen-bond donors (Lipinski definition) is 1. The molecule has 1 aromatic heterocycles. The van der Waals surface area contributed by atoms with Gasteiger partial charge in [-0.05, 0) is 18.6 Å². The van der Waals surface area contributed by atoms with E-state index in [1.807, 2.05) is 13.0 Å². The Morgan fingerprint density at radius 3 is 2.79 bits per heavy atom. The van der Waals surface area contributed by atoms with Gasteiger partial charge >= 0.3 is 0 Å². The molecule has 2 N–H and O–H groups in total. The summed E-state index contributed by atoms with van der Waals surface area (Å²) in [4.78, 5) is 4.19. The zero-order valence-electron chi connectivity index (χ0n) is 11.6. The molecule has 0 aromatic carbocycles. The van der Waals surface area contributed by atoms with Gasteiger partial charge in [0, 0.05) is 39.4 Å². The zero-order valence-corrected chi connectivity index (χ0v) is 11.6. The summed E-state index contributed by atoms with van der Waals surface area (Å²) < 4.78 is 16.6. The van der Waals surface area contributed by atoms with E-state index in [2.05, 4.69) is 4.98 Å². The summed E-state index contributed by atoms with van der Waals surface area (Å²) in [6.07, 6.45) is 5.07. The van der Waals surface area contributed by atoms with E-state index in [1.165, 1.54) is 0 Å². The van der Waals surface area contributed by atoms with Crippen molar-refractivity contribution in [3.05, 3.63) is 24.0 Å². The normalized spacial score (nSPS) is 19.9. The van der Waals surface area contributed by atoms with Crippen molar-refractivity contribution in [3.8, 4) is 5.75 Å². The van der Waals surface area contributed by atoms with Gasteiger partial charge in [-0.2, -0.15) is 0 Å². The van der Waals surface area contributed by atoms with Crippen molar-refractivity contribution in [1.29, 1.82) is 0 Å². The SMILES string of the molecule is CCOc1cncc(C(N)C2(OC)CCOCC2)c1. The summed E-state index contributed by atoms with van der Waals surface area (Å²) >= 11 is 0. The van der Waals surface area contributed by atoms with E-state index in [9.17, 15) is 0 Å². The Labute approximate surface area is 114 Å². The molecule has 0 radical (unpaired) electrons. The largest absolute Gasteiger partial charge is 0.492 e. The summed E-state index contributed by atoms with van der Waals surface area (Å²) in [5.41, 5.74) is 6.97. The molecule has 0 bridgehead atoms. The third-order valence-corrected chi connectivity index (χ3v) is 3.72. The van der Waals surface area contributed by atoms with Crippen molar-refractivity contribution in [2.75, 3.05) is 26.9 Å². The van der Waals surface area contributed by atoms with Gasteiger partial charge in [-0.15, -0.1) is 0 Å². The van der Waals surface area contributed by atoms with Crippen molar-refractivity contribution in [2.45, 2.75) is 31.4 Å². The van der Waals surface area contributed by atoms with E-state index in [0.717, 1.165) is 24.2 Å². The van der Waals surface area contributed by atoms with Crippen LogP contribution >= 0.6 is 0 Å². The van der Waals surface area contributed by atoms with Crippen LogP contribution in [0.25, 0.3) is 0 Å². The number of nitrogens with two attached hydrogens (primary N) is 1. The van der Waals surface area contributed by atoms with Crippen LogP contribution in [0.4, 0.5) is 0 Å². The fourth-order valence-corrected chi connectivity index (χ4v) is 2.51. The molecular formula is C14H22N2O3. The summed E-state index contributed by atoms with van der Waals surface area (Å²) in [6, 6.07) is 1.71. The number of methoxy groups -OCH3 is 1. The number of pyridine rings is 1. The Hall–Kier alpha value is -1.17. The lowest BCUT2D eigenvalue weighted by molar-refractivity contribution is -0.105. The molecular weight excluding hydrogens is 244 g/mol. The molecule has 0 saturated carbocycles. The molecule has 2 rings (SSSR count). The van der Waals surface area contributed by atoms with Crippen molar-refractivity contribution in [1.82, 2.24) is 4.98 Å². The third-order valence-electron chi connectivity index (χ3n) is 3.72. The Kier molecular flexibility index (Phi) is 4.74. The molecule has 1 aliphatic rings.